The van der Waals surface area contributed by atoms with Crippen LogP contribution in [-0.2, 0) is 16.1 Å². The summed E-state index contributed by atoms with van der Waals surface area (Å²) < 4.78 is 6.83. The Morgan fingerprint density at radius 2 is 1.81 bits per heavy atom. The van der Waals surface area contributed by atoms with Gasteiger partial charge in [0.1, 0.15) is 11.8 Å². The number of hydrogen-bond acceptors (Lipinski definition) is 3. The van der Waals surface area contributed by atoms with Crippen LogP contribution in [0.4, 0.5) is 0 Å². The molecule has 0 aliphatic rings. The highest BCUT2D eigenvalue weighted by atomic mass is 79.9. The van der Waals surface area contributed by atoms with Crippen LogP contribution in [0, 0.1) is 26.7 Å². The van der Waals surface area contributed by atoms with Crippen molar-refractivity contribution in [3.05, 3.63) is 63.1 Å². The molecule has 0 fully saturated rings. The molecule has 0 saturated heterocycles. The molecule has 0 aromatic heterocycles. The maximum Gasteiger partial charge on any atom is 0.261 e. The van der Waals surface area contributed by atoms with Crippen LogP contribution in [0.3, 0.4) is 0 Å². The third-order valence-corrected chi connectivity index (χ3v) is 5.70. The molecule has 0 spiro atoms. The molecule has 168 valence electrons. The normalized spacial score (nSPS) is 11.9. The molecule has 0 radical (unpaired) electrons. The van der Waals surface area contributed by atoms with E-state index in [1.165, 1.54) is 0 Å². The summed E-state index contributed by atoms with van der Waals surface area (Å²) in [5, 5.41) is 2.93. The third kappa shape index (κ3) is 7.39. The monoisotopic (exact) mass is 488 g/mol. The first kappa shape index (κ1) is 24.9. The number of carbonyl (C=O) groups is 2. The standard InChI is InChI=1S/C25H33BrN2O3/c1-16(2)13-27-25(30)20(6)28(14-21-8-7-9-22(26)12-21)24(29)15-31-23-11-17(3)10-18(4)19(23)5/h7-12,16,20H,13-15H2,1-6H3,(H,27,30)/t20-/m0/s1. The molecule has 0 aliphatic heterocycles. The van der Waals surface area contributed by atoms with E-state index in [2.05, 4.69) is 27.3 Å². The molecule has 0 aliphatic carbocycles. The number of nitrogens with zero attached hydrogens (tertiary/aromatic N) is 1. The lowest BCUT2D eigenvalue weighted by molar-refractivity contribution is -0.142. The van der Waals surface area contributed by atoms with Crippen LogP contribution in [0.5, 0.6) is 5.75 Å². The van der Waals surface area contributed by atoms with E-state index >= 15 is 0 Å². The van der Waals surface area contributed by atoms with Gasteiger partial charge in [-0.15, -0.1) is 0 Å². The first-order chi connectivity index (χ1) is 14.6. The van der Waals surface area contributed by atoms with Crippen molar-refractivity contribution in [2.75, 3.05) is 13.2 Å². The molecule has 5 nitrogen and oxygen atoms in total. The van der Waals surface area contributed by atoms with Gasteiger partial charge in [-0.05, 0) is 74.1 Å². The molecule has 0 unspecified atom stereocenters. The van der Waals surface area contributed by atoms with Gasteiger partial charge in [0.15, 0.2) is 6.61 Å². The number of nitrogens with one attached hydrogen (secondary N) is 1. The van der Waals surface area contributed by atoms with Crippen molar-refractivity contribution in [3.8, 4) is 5.75 Å². The lowest BCUT2D eigenvalue weighted by atomic mass is 10.1. The van der Waals surface area contributed by atoms with E-state index in [1.54, 1.807) is 11.8 Å². The first-order valence-corrected chi connectivity index (χ1v) is 11.4. The Hall–Kier alpha value is -2.34. The van der Waals surface area contributed by atoms with Crippen molar-refractivity contribution in [3.63, 3.8) is 0 Å². The molecule has 2 rings (SSSR count). The van der Waals surface area contributed by atoms with Crippen molar-refractivity contribution < 1.29 is 14.3 Å². The number of aryl methyl sites for hydroxylation is 2. The van der Waals surface area contributed by atoms with Crippen molar-refractivity contribution >= 4 is 27.7 Å². The van der Waals surface area contributed by atoms with Gasteiger partial charge in [0.05, 0.1) is 0 Å². The summed E-state index contributed by atoms with van der Waals surface area (Å²) >= 11 is 3.47. The predicted molar refractivity (Wildman–Crippen MR) is 128 cm³/mol. The summed E-state index contributed by atoms with van der Waals surface area (Å²) in [5.74, 6) is 0.636. The van der Waals surface area contributed by atoms with E-state index in [9.17, 15) is 9.59 Å². The SMILES string of the molecule is Cc1cc(C)c(C)c(OCC(=O)N(Cc2cccc(Br)c2)[C@@H](C)C(=O)NCC(C)C)c1. The van der Waals surface area contributed by atoms with Crippen molar-refractivity contribution in [2.24, 2.45) is 5.92 Å². The van der Waals surface area contributed by atoms with Crippen molar-refractivity contribution in [2.45, 2.75) is 54.1 Å². The topological polar surface area (TPSA) is 58.6 Å². The number of amides is 2. The van der Waals surface area contributed by atoms with Gasteiger partial charge >= 0.3 is 0 Å². The zero-order valence-electron chi connectivity index (χ0n) is 19.3. The molecular formula is C25H33BrN2O3. The molecular weight excluding hydrogens is 456 g/mol. The smallest absolute Gasteiger partial charge is 0.261 e. The highest BCUT2D eigenvalue weighted by Crippen LogP contribution is 2.23. The average molecular weight is 489 g/mol. The first-order valence-electron chi connectivity index (χ1n) is 10.6. The van der Waals surface area contributed by atoms with E-state index in [1.807, 2.05) is 65.0 Å². The Kier molecular flexibility index (Phi) is 9.11. The fourth-order valence-corrected chi connectivity index (χ4v) is 3.69. The molecule has 0 heterocycles. The average Bonchev–Trinajstić information content (AvgIpc) is 2.71. The fourth-order valence-electron chi connectivity index (χ4n) is 3.24. The van der Waals surface area contributed by atoms with E-state index in [0.717, 1.165) is 26.7 Å². The summed E-state index contributed by atoms with van der Waals surface area (Å²) in [5.41, 5.74) is 4.15. The number of halogens is 1. The van der Waals surface area contributed by atoms with Gasteiger partial charge in [0.2, 0.25) is 5.91 Å². The minimum atomic E-state index is -0.617. The van der Waals surface area contributed by atoms with Gasteiger partial charge in [-0.1, -0.05) is 48.0 Å². The molecule has 2 aromatic carbocycles. The lowest BCUT2D eigenvalue weighted by Crippen LogP contribution is -2.49. The molecule has 6 heteroatoms. The van der Waals surface area contributed by atoms with Crippen molar-refractivity contribution in [1.82, 2.24) is 10.2 Å². The third-order valence-electron chi connectivity index (χ3n) is 5.21. The Morgan fingerprint density at radius 3 is 2.45 bits per heavy atom. The van der Waals surface area contributed by atoms with Crippen molar-refractivity contribution in [1.29, 1.82) is 0 Å². The fraction of sp³-hybridized carbons (Fsp3) is 0.440. The number of carbonyl (C=O) groups excluding carboxylic acids is 2. The summed E-state index contributed by atoms with van der Waals surface area (Å²) in [6.45, 7) is 12.6. The molecule has 31 heavy (non-hydrogen) atoms. The molecule has 0 bridgehead atoms. The molecule has 1 N–H and O–H groups in total. The summed E-state index contributed by atoms with van der Waals surface area (Å²) in [4.78, 5) is 27.5. The second-order valence-electron chi connectivity index (χ2n) is 8.46. The van der Waals surface area contributed by atoms with Crippen LogP contribution in [0.1, 0.15) is 43.0 Å². The molecule has 2 amide bonds. The Bertz CT molecular complexity index is 927. The maximum absolute atomic E-state index is 13.2. The van der Waals surface area contributed by atoms with E-state index in [4.69, 9.17) is 4.74 Å². The van der Waals surface area contributed by atoms with Crippen LogP contribution >= 0.6 is 15.9 Å². The zero-order chi connectivity index (χ0) is 23.1. The number of rotatable bonds is 9. The largest absolute Gasteiger partial charge is 0.483 e. The van der Waals surface area contributed by atoms with Crippen LogP contribution in [0.15, 0.2) is 40.9 Å². The van der Waals surface area contributed by atoms with E-state index in [0.29, 0.717) is 24.8 Å². The van der Waals surface area contributed by atoms with E-state index in [-0.39, 0.29) is 18.4 Å². The van der Waals surface area contributed by atoms with Crippen LogP contribution < -0.4 is 10.1 Å². The highest BCUT2D eigenvalue weighted by Gasteiger charge is 2.26. The maximum atomic E-state index is 13.2. The minimum absolute atomic E-state index is 0.125. The molecule has 2 aromatic rings. The van der Waals surface area contributed by atoms with Gasteiger partial charge in [-0.25, -0.2) is 0 Å². The van der Waals surface area contributed by atoms with Crippen LogP contribution in [-0.4, -0.2) is 35.9 Å². The number of benzene rings is 2. The molecule has 0 saturated carbocycles. The minimum Gasteiger partial charge on any atom is -0.483 e. The van der Waals surface area contributed by atoms with Gasteiger partial charge in [0.25, 0.3) is 5.91 Å². The number of hydrogen-bond donors (Lipinski definition) is 1. The Balaban J connectivity index is 2.20. The van der Waals surface area contributed by atoms with Gasteiger partial charge in [0, 0.05) is 17.6 Å². The molecule has 1 atom stereocenters. The highest BCUT2D eigenvalue weighted by molar-refractivity contribution is 9.10. The second-order valence-corrected chi connectivity index (χ2v) is 9.38. The zero-order valence-corrected chi connectivity index (χ0v) is 20.9. The predicted octanol–water partition coefficient (Wildman–Crippen LogP) is 4.94. The van der Waals surface area contributed by atoms with Crippen LogP contribution in [0.2, 0.25) is 0 Å². The Morgan fingerprint density at radius 1 is 1.10 bits per heavy atom. The quantitative estimate of drug-likeness (QED) is 0.543. The lowest BCUT2D eigenvalue weighted by Gasteiger charge is -2.29. The van der Waals surface area contributed by atoms with Crippen LogP contribution in [0.25, 0.3) is 0 Å². The second kappa shape index (κ2) is 11.3. The van der Waals surface area contributed by atoms with Gasteiger partial charge in [-0.3, -0.25) is 9.59 Å². The summed E-state index contributed by atoms with van der Waals surface area (Å²) in [6.07, 6.45) is 0. The van der Waals surface area contributed by atoms with Gasteiger partial charge in [-0.2, -0.15) is 0 Å². The van der Waals surface area contributed by atoms with Gasteiger partial charge < -0.3 is 15.0 Å². The number of ether oxygens (including phenoxy) is 1. The summed E-state index contributed by atoms with van der Waals surface area (Å²) in [7, 11) is 0. The Labute approximate surface area is 194 Å². The summed E-state index contributed by atoms with van der Waals surface area (Å²) in [6, 6.07) is 11.2. The van der Waals surface area contributed by atoms with E-state index < -0.39 is 6.04 Å².